The standard InChI is InChI=1S/C12H16F3N3/c13-12(14,15)9-3-4-11(17-8-9)18-6-1-2-10(16)5-7-18/h3-4,8,10H,1-2,5-7,16H2. The summed E-state index contributed by atoms with van der Waals surface area (Å²) in [6.07, 6.45) is -0.684. The molecule has 1 aromatic heterocycles. The van der Waals surface area contributed by atoms with Crippen LogP contribution in [0.2, 0.25) is 0 Å². The van der Waals surface area contributed by atoms with E-state index in [4.69, 9.17) is 5.73 Å². The molecule has 0 amide bonds. The summed E-state index contributed by atoms with van der Waals surface area (Å²) < 4.78 is 37.2. The Balaban J connectivity index is 2.09. The molecule has 2 N–H and O–H groups in total. The van der Waals surface area contributed by atoms with Crippen LogP contribution in [0.3, 0.4) is 0 Å². The Kier molecular flexibility index (Phi) is 3.75. The molecule has 2 rings (SSSR count). The Labute approximate surface area is 104 Å². The van der Waals surface area contributed by atoms with Crippen LogP contribution in [0.1, 0.15) is 24.8 Å². The lowest BCUT2D eigenvalue weighted by atomic mass is 10.1. The van der Waals surface area contributed by atoms with E-state index in [0.717, 1.165) is 44.6 Å². The fourth-order valence-electron chi connectivity index (χ4n) is 2.09. The molecule has 6 heteroatoms. The summed E-state index contributed by atoms with van der Waals surface area (Å²) in [5.41, 5.74) is 5.15. The molecule has 0 aromatic carbocycles. The van der Waals surface area contributed by atoms with Crippen LogP contribution in [0.4, 0.5) is 19.0 Å². The van der Waals surface area contributed by atoms with Crippen LogP contribution < -0.4 is 10.6 Å². The second-order valence-corrected chi connectivity index (χ2v) is 4.58. The van der Waals surface area contributed by atoms with Crippen LogP contribution in [0.25, 0.3) is 0 Å². The van der Waals surface area contributed by atoms with Crippen molar-refractivity contribution in [3.63, 3.8) is 0 Å². The van der Waals surface area contributed by atoms with Crippen LogP contribution in [0, 0.1) is 0 Å². The first-order valence-corrected chi connectivity index (χ1v) is 6.00. The smallest absolute Gasteiger partial charge is 0.357 e. The zero-order valence-electron chi connectivity index (χ0n) is 9.95. The lowest BCUT2D eigenvalue weighted by Crippen LogP contribution is -2.27. The minimum Gasteiger partial charge on any atom is -0.357 e. The lowest BCUT2D eigenvalue weighted by Gasteiger charge is -2.21. The molecule has 1 atom stereocenters. The highest BCUT2D eigenvalue weighted by molar-refractivity contribution is 5.40. The van der Waals surface area contributed by atoms with Gasteiger partial charge in [0.05, 0.1) is 5.56 Å². The molecule has 1 aromatic rings. The zero-order valence-corrected chi connectivity index (χ0v) is 9.95. The monoisotopic (exact) mass is 259 g/mol. The third kappa shape index (κ3) is 3.13. The van der Waals surface area contributed by atoms with E-state index in [1.807, 2.05) is 4.90 Å². The predicted molar refractivity (Wildman–Crippen MR) is 63.3 cm³/mol. The van der Waals surface area contributed by atoms with Crippen molar-refractivity contribution in [2.75, 3.05) is 18.0 Å². The summed E-state index contributed by atoms with van der Waals surface area (Å²) in [5.74, 6) is 0.595. The van der Waals surface area contributed by atoms with Gasteiger partial charge in [-0.15, -0.1) is 0 Å². The van der Waals surface area contributed by atoms with Gasteiger partial charge >= 0.3 is 6.18 Å². The van der Waals surface area contributed by atoms with Gasteiger partial charge in [-0.3, -0.25) is 0 Å². The van der Waals surface area contributed by atoms with E-state index in [1.165, 1.54) is 6.07 Å². The van der Waals surface area contributed by atoms with Crippen LogP contribution in [0.15, 0.2) is 18.3 Å². The summed E-state index contributed by atoms with van der Waals surface area (Å²) in [6.45, 7) is 1.55. The topological polar surface area (TPSA) is 42.1 Å². The number of nitrogens with zero attached hydrogens (tertiary/aromatic N) is 2. The summed E-state index contributed by atoms with van der Waals surface area (Å²) in [7, 11) is 0. The normalized spacial score (nSPS) is 21.8. The molecule has 18 heavy (non-hydrogen) atoms. The SMILES string of the molecule is NC1CCCN(c2ccc(C(F)(F)F)cn2)CC1. The van der Waals surface area contributed by atoms with Crippen molar-refractivity contribution in [2.45, 2.75) is 31.5 Å². The molecular formula is C12H16F3N3. The third-order valence-electron chi connectivity index (χ3n) is 3.17. The van der Waals surface area contributed by atoms with E-state index in [1.54, 1.807) is 0 Å². The van der Waals surface area contributed by atoms with Crippen molar-refractivity contribution in [3.8, 4) is 0 Å². The van der Waals surface area contributed by atoms with Crippen LogP contribution in [-0.4, -0.2) is 24.1 Å². The van der Waals surface area contributed by atoms with Gasteiger partial charge in [0.15, 0.2) is 0 Å². The fraction of sp³-hybridized carbons (Fsp3) is 0.583. The third-order valence-corrected chi connectivity index (χ3v) is 3.17. The summed E-state index contributed by atoms with van der Waals surface area (Å²) in [6, 6.07) is 2.69. The first kappa shape index (κ1) is 13.1. The average molecular weight is 259 g/mol. The molecule has 0 spiro atoms. The molecule has 0 radical (unpaired) electrons. The van der Waals surface area contributed by atoms with Crippen molar-refractivity contribution >= 4 is 5.82 Å². The van der Waals surface area contributed by atoms with Gasteiger partial charge in [-0.2, -0.15) is 13.2 Å². The van der Waals surface area contributed by atoms with Gasteiger partial charge in [0.25, 0.3) is 0 Å². The number of anilines is 1. The number of rotatable bonds is 1. The molecular weight excluding hydrogens is 243 g/mol. The zero-order chi connectivity index (χ0) is 13.2. The van der Waals surface area contributed by atoms with Crippen molar-refractivity contribution in [3.05, 3.63) is 23.9 Å². The van der Waals surface area contributed by atoms with E-state index in [9.17, 15) is 13.2 Å². The average Bonchev–Trinajstić information content (AvgIpc) is 2.53. The maximum atomic E-state index is 12.4. The number of aromatic nitrogens is 1. The molecule has 0 saturated carbocycles. The molecule has 1 aliphatic rings. The first-order chi connectivity index (χ1) is 8.47. The van der Waals surface area contributed by atoms with Crippen molar-refractivity contribution < 1.29 is 13.2 Å². The summed E-state index contributed by atoms with van der Waals surface area (Å²) >= 11 is 0. The molecule has 1 saturated heterocycles. The second kappa shape index (κ2) is 5.14. The number of alkyl halides is 3. The molecule has 0 bridgehead atoms. The number of halogens is 3. The first-order valence-electron chi connectivity index (χ1n) is 6.00. The maximum absolute atomic E-state index is 12.4. The second-order valence-electron chi connectivity index (χ2n) is 4.58. The van der Waals surface area contributed by atoms with Gasteiger partial charge in [-0.25, -0.2) is 4.98 Å². The fourth-order valence-corrected chi connectivity index (χ4v) is 2.09. The van der Waals surface area contributed by atoms with E-state index in [-0.39, 0.29) is 6.04 Å². The van der Waals surface area contributed by atoms with Crippen molar-refractivity contribution in [1.29, 1.82) is 0 Å². The predicted octanol–water partition coefficient (Wildman–Crippen LogP) is 2.42. The molecule has 0 aliphatic carbocycles. The van der Waals surface area contributed by atoms with Gasteiger partial charge in [-0.05, 0) is 31.4 Å². The summed E-state index contributed by atoms with van der Waals surface area (Å²) in [5, 5.41) is 0. The van der Waals surface area contributed by atoms with E-state index >= 15 is 0 Å². The van der Waals surface area contributed by atoms with E-state index in [2.05, 4.69) is 4.98 Å². The van der Waals surface area contributed by atoms with Gasteiger partial charge in [0, 0.05) is 25.3 Å². The highest BCUT2D eigenvalue weighted by atomic mass is 19.4. The number of hydrogen-bond acceptors (Lipinski definition) is 3. The molecule has 1 fully saturated rings. The molecule has 1 unspecified atom stereocenters. The van der Waals surface area contributed by atoms with Crippen LogP contribution >= 0.6 is 0 Å². The highest BCUT2D eigenvalue weighted by Crippen LogP contribution is 2.29. The molecule has 1 aliphatic heterocycles. The number of nitrogens with two attached hydrogens (primary N) is 1. The Bertz CT molecular complexity index is 389. The van der Waals surface area contributed by atoms with Crippen molar-refractivity contribution in [2.24, 2.45) is 5.73 Å². The van der Waals surface area contributed by atoms with Gasteiger partial charge in [0.2, 0.25) is 0 Å². The minimum absolute atomic E-state index is 0.185. The minimum atomic E-state index is -4.33. The van der Waals surface area contributed by atoms with Crippen LogP contribution in [-0.2, 0) is 6.18 Å². The largest absolute Gasteiger partial charge is 0.417 e. The summed E-state index contributed by atoms with van der Waals surface area (Å²) in [4.78, 5) is 5.89. The highest BCUT2D eigenvalue weighted by Gasteiger charge is 2.30. The Morgan fingerprint density at radius 1 is 1.22 bits per heavy atom. The number of hydrogen-bond donors (Lipinski definition) is 1. The number of pyridine rings is 1. The van der Waals surface area contributed by atoms with Gasteiger partial charge < -0.3 is 10.6 Å². The van der Waals surface area contributed by atoms with E-state index < -0.39 is 11.7 Å². The lowest BCUT2D eigenvalue weighted by molar-refractivity contribution is -0.137. The Morgan fingerprint density at radius 3 is 2.61 bits per heavy atom. The molecule has 2 heterocycles. The van der Waals surface area contributed by atoms with Gasteiger partial charge in [-0.1, -0.05) is 0 Å². The molecule has 100 valence electrons. The maximum Gasteiger partial charge on any atom is 0.417 e. The Hall–Kier alpha value is -1.30. The van der Waals surface area contributed by atoms with Crippen LogP contribution in [0.5, 0.6) is 0 Å². The Morgan fingerprint density at radius 2 is 2.00 bits per heavy atom. The van der Waals surface area contributed by atoms with E-state index in [0.29, 0.717) is 5.82 Å². The molecule has 3 nitrogen and oxygen atoms in total. The van der Waals surface area contributed by atoms with Gasteiger partial charge in [0.1, 0.15) is 5.82 Å². The van der Waals surface area contributed by atoms with Crippen molar-refractivity contribution in [1.82, 2.24) is 4.98 Å². The quantitative estimate of drug-likeness (QED) is 0.842.